The highest BCUT2D eigenvalue weighted by atomic mass is 79.9. The number of alkyl halides is 1. The van der Waals surface area contributed by atoms with Gasteiger partial charge in [0.1, 0.15) is 5.69 Å². The number of hydrogen-bond acceptors (Lipinski definition) is 2. The van der Waals surface area contributed by atoms with Crippen LogP contribution in [0.15, 0.2) is 22.7 Å². The zero-order valence-electron chi connectivity index (χ0n) is 9.04. The highest BCUT2D eigenvalue weighted by molar-refractivity contribution is 9.10. The van der Waals surface area contributed by atoms with Gasteiger partial charge in [0.25, 0.3) is 0 Å². The van der Waals surface area contributed by atoms with Crippen LogP contribution in [0.25, 0.3) is 5.69 Å². The third-order valence-electron chi connectivity index (χ3n) is 2.50. The first-order chi connectivity index (χ1) is 7.63. The molecule has 3 nitrogen and oxygen atoms in total. The molecule has 2 rings (SSSR count). The summed E-state index contributed by atoms with van der Waals surface area (Å²) in [5.41, 5.74) is 3.97. The monoisotopic (exact) mass is 299 g/mol. The lowest BCUT2D eigenvalue weighted by molar-refractivity contribution is 0.783. The zero-order chi connectivity index (χ0) is 11.7. The average Bonchev–Trinajstić information content (AvgIpc) is 2.64. The molecular weight excluding hydrogens is 289 g/mol. The van der Waals surface area contributed by atoms with Crippen LogP contribution in [0.1, 0.15) is 17.0 Å². The zero-order valence-corrected chi connectivity index (χ0v) is 11.4. The Morgan fingerprint density at radius 1 is 1.38 bits per heavy atom. The Balaban J connectivity index is 2.50. The summed E-state index contributed by atoms with van der Waals surface area (Å²) < 4.78 is 2.89. The summed E-state index contributed by atoms with van der Waals surface area (Å²) in [5.74, 6) is 0.390. The highest BCUT2D eigenvalue weighted by Gasteiger charge is 2.09. The van der Waals surface area contributed by atoms with Crippen LogP contribution in [0.3, 0.4) is 0 Å². The number of hydrogen-bond donors (Lipinski definition) is 0. The van der Waals surface area contributed by atoms with E-state index in [1.807, 2.05) is 26.0 Å². The molecule has 0 aliphatic rings. The van der Waals surface area contributed by atoms with Crippen LogP contribution in [-0.4, -0.2) is 15.0 Å². The number of benzene rings is 1. The summed E-state index contributed by atoms with van der Waals surface area (Å²) in [5, 5.41) is 8.13. The van der Waals surface area contributed by atoms with Crippen molar-refractivity contribution in [3.8, 4) is 5.69 Å². The Morgan fingerprint density at radius 3 is 2.69 bits per heavy atom. The fraction of sp³-hybridized carbons (Fsp3) is 0.273. The van der Waals surface area contributed by atoms with E-state index in [1.165, 1.54) is 5.56 Å². The lowest BCUT2D eigenvalue weighted by Gasteiger charge is -2.05. The summed E-state index contributed by atoms with van der Waals surface area (Å²) in [6.45, 7) is 4.01. The Hall–Kier alpha value is -0.870. The average molecular weight is 301 g/mol. The van der Waals surface area contributed by atoms with Crippen molar-refractivity contribution in [3.63, 3.8) is 0 Å². The van der Waals surface area contributed by atoms with Gasteiger partial charge in [0.05, 0.1) is 17.3 Å². The minimum Gasteiger partial charge on any atom is -0.218 e. The number of rotatable bonds is 2. The Morgan fingerprint density at radius 2 is 2.12 bits per heavy atom. The van der Waals surface area contributed by atoms with Gasteiger partial charge in [0.2, 0.25) is 0 Å². The third kappa shape index (κ3) is 1.99. The molecule has 0 atom stereocenters. The van der Waals surface area contributed by atoms with Gasteiger partial charge < -0.3 is 0 Å². The van der Waals surface area contributed by atoms with Crippen molar-refractivity contribution >= 4 is 27.5 Å². The topological polar surface area (TPSA) is 30.7 Å². The summed E-state index contributed by atoms with van der Waals surface area (Å²) in [6, 6.07) is 6.06. The first-order valence-corrected chi connectivity index (χ1v) is 6.20. The van der Waals surface area contributed by atoms with Gasteiger partial charge in [0, 0.05) is 4.47 Å². The molecule has 2 aromatic rings. The smallest absolute Gasteiger partial charge is 0.101 e. The molecule has 0 N–H and O–H groups in total. The van der Waals surface area contributed by atoms with E-state index in [2.05, 4.69) is 32.3 Å². The minimum absolute atomic E-state index is 0.390. The Labute approximate surface area is 108 Å². The molecule has 0 saturated carbocycles. The standard InChI is InChI=1S/C11H11BrClN3/c1-7-5-9(3-4-10(7)12)16-8(2)11(6-13)14-15-16/h3-5H,6H2,1-2H3. The van der Waals surface area contributed by atoms with Crippen molar-refractivity contribution in [2.24, 2.45) is 0 Å². The molecule has 0 saturated heterocycles. The van der Waals surface area contributed by atoms with E-state index >= 15 is 0 Å². The number of aromatic nitrogens is 3. The van der Waals surface area contributed by atoms with E-state index in [4.69, 9.17) is 11.6 Å². The SMILES string of the molecule is Cc1cc(-n2nnc(CCl)c2C)ccc1Br. The molecule has 0 unspecified atom stereocenters. The van der Waals surface area contributed by atoms with E-state index in [1.54, 1.807) is 4.68 Å². The van der Waals surface area contributed by atoms with Gasteiger partial charge in [-0.3, -0.25) is 0 Å². The van der Waals surface area contributed by atoms with Gasteiger partial charge in [-0.05, 0) is 37.6 Å². The molecule has 5 heteroatoms. The molecule has 0 fully saturated rings. The molecule has 1 aromatic heterocycles. The van der Waals surface area contributed by atoms with Crippen LogP contribution in [0.4, 0.5) is 0 Å². The second-order valence-corrected chi connectivity index (χ2v) is 4.72. The van der Waals surface area contributed by atoms with Crippen LogP contribution in [0, 0.1) is 13.8 Å². The van der Waals surface area contributed by atoms with E-state index < -0.39 is 0 Å². The normalized spacial score (nSPS) is 10.8. The summed E-state index contributed by atoms with van der Waals surface area (Å²) in [4.78, 5) is 0. The van der Waals surface area contributed by atoms with Gasteiger partial charge in [-0.2, -0.15) is 0 Å². The van der Waals surface area contributed by atoms with Crippen LogP contribution in [-0.2, 0) is 5.88 Å². The van der Waals surface area contributed by atoms with E-state index in [0.29, 0.717) is 5.88 Å². The van der Waals surface area contributed by atoms with Crippen molar-refractivity contribution < 1.29 is 0 Å². The van der Waals surface area contributed by atoms with E-state index in [9.17, 15) is 0 Å². The molecule has 1 aromatic carbocycles. The summed E-state index contributed by atoms with van der Waals surface area (Å²) >= 11 is 9.24. The number of aryl methyl sites for hydroxylation is 1. The first kappa shape index (κ1) is 11.6. The van der Waals surface area contributed by atoms with Crippen LogP contribution < -0.4 is 0 Å². The lowest BCUT2D eigenvalue weighted by Crippen LogP contribution is -1.99. The molecule has 1 heterocycles. The molecule has 0 radical (unpaired) electrons. The van der Waals surface area contributed by atoms with Crippen molar-refractivity contribution in [1.29, 1.82) is 0 Å². The maximum Gasteiger partial charge on any atom is 0.101 e. The van der Waals surface area contributed by atoms with E-state index in [-0.39, 0.29) is 0 Å². The van der Waals surface area contributed by atoms with Gasteiger partial charge in [-0.25, -0.2) is 4.68 Å². The predicted molar refractivity (Wildman–Crippen MR) is 68.1 cm³/mol. The molecule has 0 aliphatic carbocycles. The van der Waals surface area contributed by atoms with Crippen LogP contribution in [0.5, 0.6) is 0 Å². The van der Waals surface area contributed by atoms with Gasteiger partial charge in [0.15, 0.2) is 0 Å². The number of halogens is 2. The van der Waals surface area contributed by atoms with Crippen molar-refractivity contribution in [3.05, 3.63) is 39.6 Å². The van der Waals surface area contributed by atoms with E-state index in [0.717, 1.165) is 21.5 Å². The quantitative estimate of drug-likeness (QED) is 0.796. The Bertz CT molecular complexity index is 522. The largest absolute Gasteiger partial charge is 0.218 e. The maximum absolute atomic E-state index is 5.77. The Kier molecular flexibility index (Phi) is 3.30. The second-order valence-electron chi connectivity index (χ2n) is 3.60. The molecule has 0 spiro atoms. The molecule has 0 amide bonds. The fourth-order valence-electron chi connectivity index (χ4n) is 1.49. The maximum atomic E-state index is 5.77. The fourth-order valence-corrected chi connectivity index (χ4v) is 1.98. The summed E-state index contributed by atoms with van der Waals surface area (Å²) in [6.07, 6.45) is 0. The minimum atomic E-state index is 0.390. The highest BCUT2D eigenvalue weighted by Crippen LogP contribution is 2.20. The molecule has 16 heavy (non-hydrogen) atoms. The number of nitrogens with zero attached hydrogens (tertiary/aromatic N) is 3. The molecule has 0 bridgehead atoms. The van der Waals surface area contributed by atoms with Gasteiger partial charge in [-0.1, -0.05) is 21.1 Å². The molecule has 0 aliphatic heterocycles. The van der Waals surface area contributed by atoms with Crippen LogP contribution in [0.2, 0.25) is 0 Å². The van der Waals surface area contributed by atoms with Gasteiger partial charge >= 0.3 is 0 Å². The third-order valence-corrected chi connectivity index (χ3v) is 3.65. The molecule has 84 valence electrons. The lowest BCUT2D eigenvalue weighted by atomic mass is 10.2. The first-order valence-electron chi connectivity index (χ1n) is 4.87. The van der Waals surface area contributed by atoms with Crippen molar-refractivity contribution in [1.82, 2.24) is 15.0 Å². The second kappa shape index (κ2) is 4.55. The van der Waals surface area contributed by atoms with Crippen molar-refractivity contribution in [2.75, 3.05) is 0 Å². The van der Waals surface area contributed by atoms with Crippen LogP contribution >= 0.6 is 27.5 Å². The molecular formula is C11H11BrClN3. The predicted octanol–water partition coefficient (Wildman–Crippen LogP) is 3.39. The summed E-state index contributed by atoms with van der Waals surface area (Å²) in [7, 11) is 0. The van der Waals surface area contributed by atoms with Gasteiger partial charge in [-0.15, -0.1) is 16.7 Å². The van der Waals surface area contributed by atoms with Crippen molar-refractivity contribution in [2.45, 2.75) is 19.7 Å².